The molecule has 0 aliphatic rings. The molecule has 0 radical (unpaired) electrons. The first-order chi connectivity index (χ1) is 8.08. The Morgan fingerprint density at radius 1 is 1.53 bits per heavy atom. The maximum Gasteiger partial charge on any atom is 0.255 e. The lowest BCUT2D eigenvalue weighted by Gasteiger charge is -2.16. The molecular weight excluding hydrogens is 218 g/mol. The molecule has 0 fully saturated rings. The summed E-state index contributed by atoms with van der Waals surface area (Å²) in [5, 5.41) is 1.57. The zero-order valence-electron chi connectivity index (χ0n) is 9.77. The van der Waals surface area contributed by atoms with E-state index in [1.165, 1.54) is 0 Å². The Bertz CT molecular complexity index is 533. The summed E-state index contributed by atoms with van der Waals surface area (Å²) < 4.78 is 0. The maximum absolute atomic E-state index is 11.7. The van der Waals surface area contributed by atoms with E-state index in [0.29, 0.717) is 0 Å². The Kier molecular flexibility index (Phi) is 3.08. The van der Waals surface area contributed by atoms with E-state index < -0.39 is 6.04 Å². The summed E-state index contributed by atoms with van der Waals surface area (Å²) in [6.45, 7) is 0. The van der Waals surface area contributed by atoms with E-state index in [1.54, 1.807) is 25.4 Å². The van der Waals surface area contributed by atoms with Gasteiger partial charge in [0.25, 0.3) is 5.91 Å². The summed E-state index contributed by atoms with van der Waals surface area (Å²) in [6, 6.07) is 4.79. The second-order valence-electron chi connectivity index (χ2n) is 4.03. The van der Waals surface area contributed by atoms with Crippen LogP contribution in [0, 0.1) is 0 Å². The van der Waals surface area contributed by atoms with E-state index in [4.69, 9.17) is 5.73 Å². The van der Waals surface area contributed by atoms with E-state index >= 15 is 0 Å². The normalized spacial score (nSPS) is 12.9. The largest absolute Gasteiger partial charge is 0.345 e. The molecule has 2 rings (SSSR count). The monoisotopic (exact) mass is 233 g/mol. The highest BCUT2D eigenvalue weighted by molar-refractivity contribution is 5.84. The molecule has 0 spiro atoms. The Hall–Kier alpha value is -1.92. The van der Waals surface area contributed by atoms with Crippen LogP contribution in [-0.2, 0) is 4.79 Å². The molecule has 1 heterocycles. The predicted molar refractivity (Wildman–Crippen MR) is 64.9 cm³/mol. The van der Waals surface area contributed by atoms with Crippen LogP contribution in [0.15, 0.2) is 24.5 Å². The van der Waals surface area contributed by atoms with Crippen LogP contribution in [0.4, 0.5) is 0 Å². The lowest BCUT2D eigenvalue weighted by Crippen LogP contribution is -2.41. The van der Waals surface area contributed by atoms with Gasteiger partial charge in [0.15, 0.2) is 0 Å². The fourth-order valence-corrected chi connectivity index (χ4v) is 1.59. The summed E-state index contributed by atoms with van der Waals surface area (Å²) in [5.41, 5.74) is 11.0. The van der Waals surface area contributed by atoms with Gasteiger partial charge in [0.05, 0.1) is 17.4 Å². The number of benzene rings is 1. The molecule has 17 heavy (non-hydrogen) atoms. The maximum atomic E-state index is 11.7. The number of hydrogen-bond acceptors (Lipinski definition) is 4. The van der Waals surface area contributed by atoms with Crippen molar-refractivity contribution >= 4 is 16.9 Å². The number of carbonyl (C=O) groups excluding carboxylic acids is 1. The molecule has 0 aliphatic heterocycles. The predicted octanol–water partition coefficient (Wildman–Crippen LogP) is 0.156. The first-order valence-electron chi connectivity index (χ1n) is 5.24. The minimum atomic E-state index is -0.690. The van der Waals surface area contributed by atoms with Gasteiger partial charge in [-0.2, -0.15) is 0 Å². The second-order valence-corrected chi connectivity index (χ2v) is 4.03. The summed E-state index contributed by atoms with van der Waals surface area (Å²) in [4.78, 5) is 18.8. The number of nitrogens with two attached hydrogens (primary N) is 1. The molecule has 6 nitrogen and oxygen atoms in total. The Balaban J connectivity index is 2.23. The minimum Gasteiger partial charge on any atom is -0.345 e. The average molecular weight is 233 g/mol. The summed E-state index contributed by atoms with van der Waals surface area (Å²) in [7, 11) is 3.48. The third-order valence-corrected chi connectivity index (χ3v) is 2.42. The number of nitrogens with one attached hydrogen (secondary N) is 2. The van der Waals surface area contributed by atoms with Crippen molar-refractivity contribution in [3.63, 3.8) is 0 Å². The molecule has 2 aromatic rings. The SMILES string of the molecule is CN(C)NC(=O)C(N)c1ccc2nc[nH]c2c1. The van der Waals surface area contributed by atoms with E-state index in [-0.39, 0.29) is 5.91 Å². The van der Waals surface area contributed by atoms with Crippen LogP contribution in [-0.4, -0.2) is 35.0 Å². The molecule has 0 bridgehead atoms. The van der Waals surface area contributed by atoms with E-state index in [0.717, 1.165) is 16.6 Å². The number of aromatic amines is 1. The third-order valence-electron chi connectivity index (χ3n) is 2.42. The van der Waals surface area contributed by atoms with Crippen LogP contribution in [0.3, 0.4) is 0 Å². The molecule has 1 unspecified atom stereocenters. The van der Waals surface area contributed by atoms with Gasteiger partial charge >= 0.3 is 0 Å². The Morgan fingerprint density at radius 2 is 2.29 bits per heavy atom. The smallest absolute Gasteiger partial charge is 0.255 e. The van der Waals surface area contributed by atoms with Gasteiger partial charge < -0.3 is 10.7 Å². The van der Waals surface area contributed by atoms with Crippen LogP contribution in [0.2, 0.25) is 0 Å². The number of fused-ring (bicyclic) bond motifs is 1. The molecule has 6 heteroatoms. The van der Waals surface area contributed by atoms with Gasteiger partial charge in [0, 0.05) is 14.1 Å². The van der Waals surface area contributed by atoms with Gasteiger partial charge in [-0.15, -0.1) is 0 Å². The number of imidazole rings is 1. The summed E-state index contributed by atoms with van der Waals surface area (Å²) in [5.74, 6) is -0.242. The lowest BCUT2D eigenvalue weighted by atomic mass is 10.1. The fourth-order valence-electron chi connectivity index (χ4n) is 1.59. The van der Waals surface area contributed by atoms with Crippen LogP contribution >= 0.6 is 0 Å². The van der Waals surface area contributed by atoms with Gasteiger partial charge in [-0.3, -0.25) is 10.2 Å². The van der Waals surface area contributed by atoms with Crippen LogP contribution < -0.4 is 11.2 Å². The van der Waals surface area contributed by atoms with Gasteiger partial charge in [-0.1, -0.05) is 6.07 Å². The van der Waals surface area contributed by atoms with Crippen LogP contribution in [0.1, 0.15) is 11.6 Å². The number of carbonyl (C=O) groups is 1. The number of H-pyrrole nitrogens is 1. The molecule has 90 valence electrons. The van der Waals surface area contributed by atoms with E-state index in [1.807, 2.05) is 18.2 Å². The van der Waals surface area contributed by atoms with Crippen LogP contribution in [0.25, 0.3) is 11.0 Å². The standard InChI is InChI=1S/C11H15N5O/c1-16(2)15-11(17)10(12)7-3-4-8-9(5-7)14-6-13-8/h3-6,10H,12H2,1-2H3,(H,13,14)(H,15,17). The zero-order valence-corrected chi connectivity index (χ0v) is 9.77. The molecule has 0 saturated heterocycles. The van der Waals surface area contributed by atoms with Gasteiger partial charge in [0.1, 0.15) is 6.04 Å². The van der Waals surface area contributed by atoms with E-state index in [2.05, 4.69) is 15.4 Å². The van der Waals surface area contributed by atoms with Crippen molar-refractivity contribution in [1.82, 2.24) is 20.4 Å². The first-order valence-corrected chi connectivity index (χ1v) is 5.24. The van der Waals surface area contributed by atoms with Crippen molar-refractivity contribution < 1.29 is 4.79 Å². The van der Waals surface area contributed by atoms with Crippen molar-refractivity contribution in [2.24, 2.45) is 5.73 Å². The number of rotatable bonds is 3. The number of hydrogen-bond donors (Lipinski definition) is 3. The zero-order chi connectivity index (χ0) is 12.4. The van der Waals surface area contributed by atoms with Gasteiger partial charge in [0.2, 0.25) is 0 Å². The summed E-state index contributed by atoms with van der Waals surface area (Å²) in [6.07, 6.45) is 1.61. The highest BCUT2D eigenvalue weighted by atomic mass is 16.2. The fraction of sp³-hybridized carbons (Fsp3) is 0.273. The van der Waals surface area contributed by atoms with Crippen molar-refractivity contribution in [1.29, 1.82) is 0 Å². The molecule has 0 aliphatic carbocycles. The number of aromatic nitrogens is 2. The molecule has 4 N–H and O–H groups in total. The lowest BCUT2D eigenvalue weighted by molar-refractivity contribution is -0.126. The second kappa shape index (κ2) is 4.52. The summed E-state index contributed by atoms with van der Waals surface area (Å²) >= 11 is 0. The minimum absolute atomic E-state index is 0.242. The van der Waals surface area contributed by atoms with Crippen molar-refractivity contribution in [2.75, 3.05) is 14.1 Å². The molecular formula is C11H15N5O. The van der Waals surface area contributed by atoms with Crippen LogP contribution in [0.5, 0.6) is 0 Å². The Morgan fingerprint density at radius 3 is 3.00 bits per heavy atom. The van der Waals surface area contributed by atoms with Crippen molar-refractivity contribution in [3.05, 3.63) is 30.1 Å². The van der Waals surface area contributed by atoms with Crippen molar-refractivity contribution in [3.8, 4) is 0 Å². The van der Waals surface area contributed by atoms with Gasteiger partial charge in [-0.25, -0.2) is 9.99 Å². The third kappa shape index (κ3) is 2.43. The highest BCUT2D eigenvalue weighted by Crippen LogP contribution is 2.16. The number of hydrazine groups is 1. The number of nitrogens with zero attached hydrogens (tertiary/aromatic N) is 2. The molecule has 1 aromatic carbocycles. The van der Waals surface area contributed by atoms with Crippen molar-refractivity contribution in [2.45, 2.75) is 6.04 Å². The average Bonchev–Trinajstić information content (AvgIpc) is 2.73. The topological polar surface area (TPSA) is 87.0 Å². The molecule has 1 atom stereocenters. The van der Waals surface area contributed by atoms with E-state index in [9.17, 15) is 4.79 Å². The molecule has 0 saturated carbocycles. The Labute approximate surface area is 98.8 Å². The van der Waals surface area contributed by atoms with Gasteiger partial charge in [-0.05, 0) is 17.7 Å². The number of amides is 1. The molecule has 1 amide bonds. The quantitative estimate of drug-likeness (QED) is 0.659. The molecule has 1 aromatic heterocycles. The highest BCUT2D eigenvalue weighted by Gasteiger charge is 2.16. The first kappa shape index (κ1) is 11.6.